The van der Waals surface area contributed by atoms with E-state index in [0.717, 1.165) is 5.69 Å². The van der Waals surface area contributed by atoms with Crippen molar-refractivity contribution >= 4 is 11.6 Å². The van der Waals surface area contributed by atoms with Gasteiger partial charge in [0.15, 0.2) is 0 Å². The van der Waals surface area contributed by atoms with Crippen LogP contribution in [0.5, 0.6) is 0 Å². The third-order valence-electron chi connectivity index (χ3n) is 1.45. The molecule has 0 saturated carbocycles. The van der Waals surface area contributed by atoms with Gasteiger partial charge in [0.05, 0.1) is 17.6 Å². The van der Waals surface area contributed by atoms with Crippen LogP contribution in [-0.4, -0.2) is 15.7 Å². The largest absolute Gasteiger partial charge is 0.396 e. The lowest BCUT2D eigenvalue weighted by Gasteiger charge is -1.99. The Morgan fingerprint density at radius 2 is 2.45 bits per heavy atom. The van der Waals surface area contributed by atoms with Crippen molar-refractivity contribution in [2.75, 3.05) is 5.73 Å². The summed E-state index contributed by atoms with van der Waals surface area (Å²) in [7, 11) is 0. The molecular weight excluding hydrogens is 144 g/mol. The number of anilines is 1. The Kier molecular flexibility index (Phi) is 1.80. The normalized spacial score (nSPS) is 9.91. The quantitative estimate of drug-likeness (QED) is 0.588. The van der Waals surface area contributed by atoms with E-state index in [-0.39, 0.29) is 6.54 Å². The first-order chi connectivity index (χ1) is 5.11. The molecule has 1 rings (SSSR count). The first-order valence-electron chi connectivity index (χ1n) is 3.17. The van der Waals surface area contributed by atoms with Crippen LogP contribution in [0.3, 0.4) is 0 Å². The number of nitrogens with two attached hydrogens (primary N) is 2. The van der Waals surface area contributed by atoms with E-state index in [0.29, 0.717) is 5.69 Å². The van der Waals surface area contributed by atoms with Crippen molar-refractivity contribution in [2.45, 2.75) is 13.5 Å². The number of nitrogen functional groups attached to an aromatic ring is 1. The van der Waals surface area contributed by atoms with Crippen molar-refractivity contribution in [1.29, 1.82) is 0 Å². The van der Waals surface area contributed by atoms with Crippen LogP contribution in [0.25, 0.3) is 0 Å². The summed E-state index contributed by atoms with van der Waals surface area (Å²) < 4.78 is 1.47. The molecular formula is C6H10N4O. The lowest BCUT2D eigenvalue weighted by Crippen LogP contribution is -2.20. The highest BCUT2D eigenvalue weighted by Gasteiger charge is 2.03. The molecule has 0 spiro atoms. The molecule has 0 unspecified atom stereocenters. The smallest absolute Gasteiger partial charge is 0.239 e. The minimum Gasteiger partial charge on any atom is -0.396 e. The number of amides is 1. The van der Waals surface area contributed by atoms with E-state index < -0.39 is 5.91 Å². The minimum atomic E-state index is -0.420. The second-order valence-corrected chi connectivity index (χ2v) is 2.31. The van der Waals surface area contributed by atoms with Gasteiger partial charge in [-0.2, -0.15) is 5.10 Å². The average Bonchev–Trinajstić information content (AvgIpc) is 2.18. The van der Waals surface area contributed by atoms with Crippen molar-refractivity contribution in [3.05, 3.63) is 11.9 Å². The summed E-state index contributed by atoms with van der Waals surface area (Å²) in [4.78, 5) is 10.5. The molecule has 0 aliphatic rings. The fourth-order valence-electron chi connectivity index (χ4n) is 0.768. The maximum absolute atomic E-state index is 10.5. The molecule has 1 amide bonds. The van der Waals surface area contributed by atoms with Crippen LogP contribution >= 0.6 is 0 Å². The predicted molar refractivity (Wildman–Crippen MR) is 40.6 cm³/mol. The molecule has 0 aliphatic carbocycles. The topological polar surface area (TPSA) is 86.9 Å². The van der Waals surface area contributed by atoms with E-state index >= 15 is 0 Å². The first kappa shape index (κ1) is 7.59. The molecule has 5 nitrogen and oxygen atoms in total. The van der Waals surface area contributed by atoms with E-state index in [1.807, 2.05) is 0 Å². The van der Waals surface area contributed by atoms with Gasteiger partial charge in [-0.3, -0.25) is 9.48 Å². The highest BCUT2D eigenvalue weighted by molar-refractivity contribution is 5.73. The summed E-state index contributed by atoms with van der Waals surface area (Å²) in [5.41, 5.74) is 11.8. The zero-order chi connectivity index (χ0) is 8.43. The fourth-order valence-corrected chi connectivity index (χ4v) is 0.768. The van der Waals surface area contributed by atoms with Crippen LogP contribution in [0, 0.1) is 6.92 Å². The SMILES string of the molecule is Cc1c(N)cnn1CC(N)=O. The molecule has 0 fully saturated rings. The Balaban J connectivity index is 2.87. The number of carbonyl (C=O) groups excluding carboxylic acids is 1. The molecule has 1 heterocycles. The number of nitrogens with zero attached hydrogens (tertiary/aromatic N) is 2. The second-order valence-electron chi connectivity index (χ2n) is 2.31. The average molecular weight is 154 g/mol. The predicted octanol–water partition coefficient (Wildman–Crippen LogP) is -0.741. The van der Waals surface area contributed by atoms with E-state index in [9.17, 15) is 4.79 Å². The van der Waals surface area contributed by atoms with Gasteiger partial charge in [0.1, 0.15) is 6.54 Å². The van der Waals surface area contributed by atoms with Crippen LogP contribution in [0.4, 0.5) is 5.69 Å². The van der Waals surface area contributed by atoms with Gasteiger partial charge in [-0.15, -0.1) is 0 Å². The molecule has 5 heteroatoms. The monoisotopic (exact) mass is 154 g/mol. The molecule has 0 aromatic carbocycles. The standard InChI is InChI=1S/C6H10N4O/c1-4-5(7)2-9-10(4)3-6(8)11/h2H,3,7H2,1H3,(H2,8,11). The Bertz CT molecular complexity index is 278. The van der Waals surface area contributed by atoms with Gasteiger partial charge in [-0.05, 0) is 6.92 Å². The summed E-state index contributed by atoms with van der Waals surface area (Å²) in [6, 6.07) is 0. The van der Waals surface area contributed by atoms with Crippen LogP contribution in [0.15, 0.2) is 6.20 Å². The number of carbonyl (C=O) groups is 1. The van der Waals surface area contributed by atoms with Crippen molar-refractivity contribution in [3.8, 4) is 0 Å². The lowest BCUT2D eigenvalue weighted by molar-refractivity contribution is -0.118. The summed E-state index contributed by atoms with van der Waals surface area (Å²) in [6.07, 6.45) is 1.50. The van der Waals surface area contributed by atoms with Gasteiger partial charge < -0.3 is 11.5 Å². The van der Waals surface area contributed by atoms with Crippen LogP contribution in [-0.2, 0) is 11.3 Å². The van der Waals surface area contributed by atoms with Crippen molar-refractivity contribution in [3.63, 3.8) is 0 Å². The Labute approximate surface area is 64.0 Å². The second kappa shape index (κ2) is 2.61. The van der Waals surface area contributed by atoms with Gasteiger partial charge in [0.2, 0.25) is 5.91 Å². The molecule has 1 aromatic rings. The third kappa shape index (κ3) is 1.49. The zero-order valence-corrected chi connectivity index (χ0v) is 6.24. The number of aromatic nitrogens is 2. The maximum Gasteiger partial charge on any atom is 0.239 e. The van der Waals surface area contributed by atoms with E-state index in [1.165, 1.54) is 10.9 Å². The molecule has 4 N–H and O–H groups in total. The maximum atomic E-state index is 10.5. The summed E-state index contributed by atoms with van der Waals surface area (Å²) >= 11 is 0. The molecule has 1 aromatic heterocycles. The Hall–Kier alpha value is -1.52. The van der Waals surface area contributed by atoms with Gasteiger partial charge in [0.25, 0.3) is 0 Å². The molecule has 0 saturated heterocycles. The molecule has 0 aliphatic heterocycles. The summed E-state index contributed by atoms with van der Waals surface area (Å²) in [5.74, 6) is -0.420. The highest BCUT2D eigenvalue weighted by Crippen LogP contribution is 2.07. The van der Waals surface area contributed by atoms with Crippen molar-refractivity contribution in [1.82, 2.24) is 9.78 Å². The number of hydrogen-bond acceptors (Lipinski definition) is 3. The third-order valence-corrected chi connectivity index (χ3v) is 1.45. The van der Waals surface area contributed by atoms with Crippen LogP contribution < -0.4 is 11.5 Å². The summed E-state index contributed by atoms with van der Waals surface area (Å²) in [5, 5.41) is 3.85. The van der Waals surface area contributed by atoms with Gasteiger partial charge in [0, 0.05) is 0 Å². The molecule has 11 heavy (non-hydrogen) atoms. The number of primary amides is 1. The van der Waals surface area contributed by atoms with Crippen LogP contribution in [0.1, 0.15) is 5.69 Å². The molecule has 0 atom stereocenters. The van der Waals surface area contributed by atoms with E-state index in [2.05, 4.69) is 5.10 Å². The van der Waals surface area contributed by atoms with Gasteiger partial charge in [-0.25, -0.2) is 0 Å². The van der Waals surface area contributed by atoms with Crippen molar-refractivity contribution < 1.29 is 4.79 Å². The molecule has 0 radical (unpaired) electrons. The zero-order valence-electron chi connectivity index (χ0n) is 6.24. The van der Waals surface area contributed by atoms with Gasteiger partial charge >= 0.3 is 0 Å². The Morgan fingerprint density at radius 3 is 2.82 bits per heavy atom. The number of hydrogen-bond donors (Lipinski definition) is 2. The minimum absolute atomic E-state index is 0.0863. The molecule has 0 bridgehead atoms. The van der Waals surface area contributed by atoms with Gasteiger partial charge in [-0.1, -0.05) is 0 Å². The highest BCUT2D eigenvalue weighted by atomic mass is 16.1. The van der Waals surface area contributed by atoms with E-state index in [4.69, 9.17) is 11.5 Å². The fraction of sp³-hybridized carbons (Fsp3) is 0.333. The summed E-state index contributed by atoms with van der Waals surface area (Å²) in [6.45, 7) is 1.87. The lowest BCUT2D eigenvalue weighted by atomic mass is 10.4. The first-order valence-corrected chi connectivity index (χ1v) is 3.17. The molecule has 60 valence electrons. The number of rotatable bonds is 2. The Morgan fingerprint density at radius 1 is 1.82 bits per heavy atom. The van der Waals surface area contributed by atoms with Crippen LogP contribution in [0.2, 0.25) is 0 Å². The van der Waals surface area contributed by atoms with Crippen molar-refractivity contribution in [2.24, 2.45) is 5.73 Å². The van der Waals surface area contributed by atoms with E-state index in [1.54, 1.807) is 6.92 Å².